The molecule has 0 atom stereocenters. The summed E-state index contributed by atoms with van der Waals surface area (Å²) in [7, 11) is -1.27. The summed E-state index contributed by atoms with van der Waals surface area (Å²) in [6.07, 6.45) is 0. The van der Waals surface area contributed by atoms with Crippen LogP contribution in [0.5, 0.6) is 0 Å². The Balaban J connectivity index is 2.02. The van der Waals surface area contributed by atoms with Gasteiger partial charge in [0.2, 0.25) is 0 Å². The summed E-state index contributed by atoms with van der Waals surface area (Å²) in [6.45, 7) is 1.54. The van der Waals surface area contributed by atoms with Crippen molar-refractivity contribution in [1.82, 2.24) is 0 Å². The summed E-state index contributed by atoms with van der Waals surface area (Å²) >= 11 is -1.76. The molecule has 0 aromatic heterocycles. The average Bonchev–Trinajstić information content (AvgIpc) is 2.66. The molecule has 1 radical (unpaired) electrons. The van der Waals surface area contributed by atoms with Crippen LogP contribution in [0.4, 0.5) is 0 Å². The van der Waals surface area contributed by atoms with Crippen molar-refractivity contribution < 1.29 is 7.86 Å². The van der Waals surface area contributed by atoms with Gasteiger partial charge >= 0.3 is 164 Å². The fourth-order valence-electron chi connectivity index (χ4n) is 2.02. The molecule has 0 aliphatic heterocycles. The van der Waals surface area contributed by atoms with Crippen molar-refractivity contribution in [2.75, 3.05) is 0 Å². The fourth-order valence-corrected chi connectivity index (χ4v) is 39.7. The van der Waals surface area contributed by atoms with E-state index in [-0.39, 0.29) is 5.97 Å². The number of carbonyl (C=O) groups excluding carboxylic acids is 1. The Morgan fingerprint density at radius 3 is 1.92 bits per heavy atom. The van der Waals surface area contributed by atoms with Crippen molar-refractivity contribution in [1.29, 1.82) is 0 Å². The fraction of sp³-hybridized carbons (Fsp3) is 0.0500. The van der Waals surface area contributed by atoms with Crippen LogP contribution in [0, 0.1) is 3.57 Å². The van der Waals surface area contributed by atoms with E-state index >= 15 is 0 Å². The Labute approximate surface area is 163 Å². The Bertz CT molecular complexity index is 798. The van der Waals surface area contributed by atoms with Gasteiger partial charge in [0, 0.05) is 0 Å². The molecule has 5 heteroatoms. The maximum absolute atomic E-state index is 11.9. The van der Waals surface area contributed by atoms with E-state index in [0.29, 0.717) is 13.1 Å². The van der Waals surface area contributed by atoms with Gasteiger partial charge < -0.3 is 0 Å². The molecule has 0 saturated heterocycles. The first-order valence-corrected chi connectivity index (χ1v) is 20.9. The van der Waals surface area contributed by atoms with Gasteiger partial charge in [-0.1, -0.05) is 0 Å². The van der Waals surface area contributed by atoms with Crippen LogP contribution < -0.4 is 8.92 Å². The quantitative estimate of drug-likeness (QED) is 0.334. The number of hydrogen-bond acceptors (Lipinski definition) is 2. The molecule has 3 aromatic rings. The molecular formula is C20H18IO2Se2. The second kappa shape index (κ2) is 9.56. The Morgan fingerprint density at radius 1 is 0.840 bits per heavy atom. The van der Waals surface area contributed by atoms with Gasteiger partial charge in [-0.25, -0.2) is 0 Å². The third kappa shape index (κ3) is 5.43. The van der Waals surface area contributed by atoms with E-state index in [4.69, 9.17) is 3.07 Å². The van der Waals surface area contributed by atoms with Crippen LogP contribution >= 0.6 is 18.0 Å². The van der Waals surface area contributed by atoms with Crippen molar-refractivity contribution in [2.45, 2.75) is 6.92 Å². The summed E-state index contributed by atoms with van der Waals surface area (Å²) < 4.78 is 10.0. The van der Waals surface area contributed by atoms with E-state index in [1.54, 1.807) is 0 Å². The summed E-state index contributed by atoms with van der Waals surface area (Å²) in [5.41, 5.74) is 0. The van der Waals surface area contributed by atoms with Crippen LogP contribution in [0.2, 0.25) is 0 Å². The van der Waals surface area contributed by atoms with Crippen molar-refractivity contribution in [2.24, 2.45) is 0 Å². The van der Waals surface area contributed by atoms with Crippen molar-refractivity contribution in [3.63, 3.8) is 0 Å². The van der Waals surface area contributed by atoms with E-state index in [1.807, 2.05) is 18.2 Å². The first-order chi connectivity index (χ1) is 12.2. The van der Waals surface area contributed by atoms with Crippen LogP contribution in [0.1, 0.15) is 6.92 Å². The molecule has 25 heavy (non-hydrogen) atoms. The molecule has 0 heterocycles. The molecule has 129 valence electrons. The molecule has 3 aromatic carbocycles. The molecule has 0 spiro atoms. The summed E-state index contributed by atoms with van der Waals surface area (Å²) in [5, 5.41) is 0. The molecule has 0 aliphatic rings. The second-order valence-electron chi connectivity index (χ2n) is 5.01. The van der Waals surface area contributed by atoms with E-state index < -0.39 is 26.8 Å². The summed E-state index contributed by atoms with van der Waals surface area (Å²) in [5.74, 6) is -0.150. The maximum atomic E-state index is 11.9. The van der Waals surface area contributed by atoms with Crippen LogP contribution in [0.25, 0.3) is 0 Å². The normalized spacial score (nSPS) is 11.2. The Hall–Kier alpha value is -1.10. The zero-order chi connectivity index (χ0) is 17.5. The number of benzene rings is 3. The van der Waals surface area contributed by atoms with E-state index in [9.17, 15) is 4.79 Å². The second-order valence-corrected chi connectivity index (χ2v) is 32.2. The third-order valence-electron chi connectivity index (χ3n) is 3.06. The molecule has 2 nitrogen and oxygen atoms in total. The van der Waals surface area contributed by atoms with Gasteiger partial charge in [0.1, 0.15) is 0 Å². The van der Waals surface area contributed by atoms with E-state index in [0.717, 1.165) is 0 Å². The number of halogens is 1. The molecule has 0 unspecified atom stereocenters. The predicted molar refractivity (Wildman–Crippen MR) is 115 cm³/mol. The standard InChI is InChI=1S/C20H18IO2Se2/c1-17(22)23-21(18-11-5-2-6-12-18)25(20-15-9-4-10-16-20)24-19-13-7-3-8-14-19/h2-16H,1H3. The molecule has 3 rings (SSSR count). The van der Waals surface area contributed by atoms with Crippen molar-refractivity contribution in [3.05, 3.63) is 94.6 Å². The van der Waals surface area contributed by atoms with Crippen LogP contribution in [0.3, 0.4) is 0 Å². The topological polar surface area (TPSA) is 26.3 Å². The minimum atomic E-state index is -2.07. The van der Waals surface area contributed by atoms with Crippen molar-refractivity contribution >= 4 is 54.8 Å². The Kier molecular flexibility index (Phi) is 7.14. The zero-order valence-electron chi connectivity index (χ0n) is 13.7. The van der Waals surface area contributed by atoms with Gasteiger partial charge in [-0.05, 0) is 0 Å². The Morgan fingerprint density at radius 2 is 1.36 bits per heavy atom. The van der Waals surface area contributed by atoms with E-state index in [2.05, 4.69) is 72.8 Å². The van der Waals surface area contributed by atoms with Gasteiger partial charge in [-0.3, -0.25) is 0 Å². The number of hydrogen-bond donors (Lipinski definition) is 0. The van der Waals surface area contributed by atoms with Crippen LogP contribution in [-0.4, -0.2) is 27.9 Å². The summed E-state index contributed by atoms with van der Waals surface area (Å²) in [6, 6.07) is 31.7. The van der Waals surface area contributed by atoms with E-state index in [1.165, 1.54) is 19.4 Å². The first kappa shape index (κ1) is 18.7. The molecule has 0 saturated carbocycles. The average molecular weight is 575 g/mol. The zero-order valence-corrected chi connectivity index (χ0v) is 19.3. The molecule has 0 N–H and O–H groups in total. The summed E-state index contributed by atoms with van der Waals surface area (Å²) in [4.78, 5) is 11.9. The van der Waals surface area contributed by atoms with Gasteiger partial charge in [0.05, 0.1) is 0 Å². The number of rotatable bonds is 6. The van der Waals surface area contributed by atoms with Crippen LogP contribution in [0.15, 0.2) is 91.0 Å². The molecule has 0 amide bonds. The van der Waals surface area contributed by atoms with Crippen molar-refractivity contribution in [3.8, 4) is 0 Å². The molecular weight excluding hydrogens is 557 g/mol. The van der Waals surface area contributed by atoms with Crippen LogP contribution in [-0.2, 0) is 7.86 Å². The molecule has 0 bridgehead atoms. The van der Waals surface area contributed by atoms with Gasteiger partial charge in [0.15, 0.2) is 0 Å². The predicted octanol–water partition coefficient (Wildman–Crippen LogP) is 3.27. The molecule has 0 aliphatic carbocycles. The first-order valence-electron chi connectivity index (χ1n) is 7.71. The number of carbonyl (C=O) groups is 1. The van der Waals surface area contributed by atoms with Gasteiger partial charge in [-0.2, -0.15) is 0 Å². The monoisotopic (exact) mass is 577 g/mol. The van der Waals surface area contributed by atoms with Gasteiger partial charge in [0.25, 0.3) is 0 Å². The third-order valence-corrected chi connectivity index (χ3v) is 37.8. The minimum absolute atomic E-state index is 0.150. The SMILES string of the molecule is CC(=O)OI(c1ccccc1)[Se]([Se]c1ccccc1)c1ccccc1. The van der Waals surface area contributed by atoms with Gasteiger partial charge in [-0.15, -0.1) is 0 Å². The molecule has 0 fully saturated rings.